The lowest BCUT2D eigenvalue weighted by atomic mass is 9.43. The highest BCUT2D eigenvalue weighted by Gasteiger charge is 2.76. The zero-order chi connectivity index (χ0) is 72.8. The minimum atomic E-state index is -2.02. The average Bonchev–Trinajstić information content (AvgIpc) is 1.46. The van der Waals surface area contributed by atoms with Gasteiger partial charge in [-0.1, -0.05) is 44.4 Å². The highest BCUT2D eigenvalue weighted by atomic mass is 16.8. The van der Waals surface area contributed by atoms with Crippen LogP contribution < -0.4 is 0 Å². The van der Waals surface area contributed by atoms with Crippen LogP contribution in [0.3, 0.4) is 0 Å². The summed E-state index contributed by atoms with van der Waals surface area (Å²) in [5.41, 5.74) is 0.308. The minimum absolute atomic E-state index is 0.00481. The molecule has 0 unspecified atom stereocenters. The number of allylic oxidation sites excluding steroid dienone is 2. The molecule has 7 heterocycles. The predicted octanol–water partition coefficient (Wildman–Crippen LogP) is -2.76. The number of hydrogen-bond acceptors (Lipinski definition) is 32. The fourth-order valence-electron chi connectivity index (χ4n) is 19.4. The van der Waals surface area contributed by atoms with E-state index in [1.165, 1.54) is 39.2 Å². The number of rotatable bonds is 22. The first kappa shape index (κ1) is 78.4. The molecule has 0 amide bonds. The first-order valence-electron chi connectivity index (χ1n) is 35.1. The Morgan fingerprint density at radius 3 is 1.65 bits per heavy atom. The van der Waals surface area contributed by atoms with Gasteiger partial charge in [-0.2, -0.15) is 0 Å². The normalized spacial score (nSPS) is 50.5. The summed E-state index contributed by atoms with van der Waals surface area (Å²) in [6, 6.07) is 0. The predicted molar refractivity (Wildman–Crippen MR) is 335 cm³/mol. The van der Waals surface area contributed by atoms with Crippen LogP contribution in [0.2, 0.25) is 0 Å². The molecular formula is C68H108O32. The quantitative estimate of drug-likeness (QED) is 0.0386. The number of aliphatic hydroxyl groups is 14. The van der Waals surface area contributed by atoms with Gasteiger partial charge in [-0.15, -0.1) is 6.58 Å². The summed E-state index contributed by atoms with van der Waals surface area (Å²) >= 11 is 0. The second-order valence-corrected chi connectivity index (χ2v) is 30.9. The van der Waals surface area contributed by atoms with Crippen molar-refractivity contribution in [2.24, 2.45) is 33.5 Å². The molecule has 572 valence electrons. The van der Waals surface area contributed by atoms with E-state index < -0.39 is 245 Å². The van der Waals surface area contributed by atoms with Gasteiger partial charge in [0.05, 0.1) is 50.7 Å². The molecule has 0 aromatic heterocycles. The molecule has 9 fully saturated rings. The molecule has 32 nitrogen and oxygen atoms in total. The molecule has 2 saturated carbocycles. The zero-order valence-electron chi connectivity index (χ0n) is 58.4. The van der Waals surface area contributed by atoms with E-state index in [9.17, 15) is 81.1 Å². The third-order valence-electron chi connectivity index (χ3n) is 24.5. The fraction of sp³-hybridized carbons (Fsp3) is 0.912. The standard InChI is InChI=1S/C68H108O32/c1-27(2)20-30(90-29(4)72)21-67(9)39-15-18-66(8)32-12-13-38-64(5,6)40(16-17-65(38,7)31(32)14-19-68(39,66)63(84)100-67)95-62-56(44(77)37(26-88-62)94-59-50(83)55(43(76)36(24-71)91-59)98-61-49(82)54(86-11)42(75)35(23-70)93-61)99-58-46(79)45(78)51(28(3)89-58)96-57-47(80)52(33(73)25-87-57)97-60-48(81)53(85-10)41(74)34(22-69)92-60/h28,30,33-62,69-71,73-83H,1,12-26H2,2-11H3/t28-,30+,33-,34-,35-,36-,37-,38+,39-,40+,41-,42-,43-,44+,45-,46-,47-,48-,49-,50-,51-,52+,53+,54+,55+,56-,57+,58+,59+,60+,61+,62+,65-,66+,67+,68-/m1/s1. The van der Waals surface area contributed by atoms with Crippen molar-refractivity contribution in [3.63, 3.8) is 0 Å². The van der Waals surface area contributed by atoms with E-state index in [1.807, 2.05) is 13.8 Å². The Hall–Kier alpha value is -2.70. The van der Waals surface area contributed by atoms with E-state index in [0.717, 1.165) is 24.8 Å². The van der Waals surface area contributed by atoms with Gasteiger partial charge in [0.1, 0.15) is 140 Å². The molecule has 0 aromatic rings. The molecule has 36 atom stereocenters. The van der Waals surface area contributed by atoms with Crippen molar-refractivity contribution in [3.05, 3.63) is 23.3 Å². The van der Waals surface area contributed by atoms with Gasteiger partial charge in [-0.25, -0.2) is 0 Å². The number of ether oxygens (including phenoxy) is 16. The Bertz CT molecular complexity index is 2860. The molecule has 11 aliphatic rings. The lowest BCUT2D eigenvalue weighted by molar-refractivity contribution is -0.394. The van der Waals surface area contributed by atoms with Gasteiger partial charge in [0.2, 0.25) is 0 Å². The van der Waals surface area contributed by atoms with Gasteiger partial charge in [0, 0.05) is 45.3 Å². The third kappa shape index (κ3) is 13.9. The van der Waals surface area contributed by atoms with Crippen LogP contribution in [0.4, 0.5) is 0 Å². The molecule has 0 aromatic carbocycles. The van der Waals surface area contributed by atoms with Crippen LogP contribution in [0.1, 0.15) is 120 Å². The lowest BCUT2D eigenvalue weighted by Crippen LogP contribution is -2.67. The van der Waals surface area contributed by atoms with Crippen LogP contribution in [0.15, 0.2) is 23.3 Å². The number of aliphatic hydroxyl groups excluding tert-OH is 14. The lowest BCUT2D eigenvalue weighted by Gasteiger charge is -2.62. The molecule has 0 bridgehead atoms. The van der Waals surface area contributed by atoms with Crippen molar-refractivity contribution in [2.45, 2.75) is 309 Å². The van der Waals surface area contributed by atoms with Crippen LogP contribution in [0.5, 0.6) is 0 Å². The molecule has 100 heavy (non-hydrogen) atoms. The first-order chi connectivity index (χ1) is 47.2. The van der Waals surface area contributed by atoms with Gasteiger partial charge in [0.15, 0.2) is 37.7 Å². The van der Waals surface area contributed by atoms with Crippen LogP contribution >= 0.6 is 0 Å². The molecule has 7 saturated heterocycles. The summed E-state index contributed by atoms with van der Waals surface area (Å²) in [6.07, 6.45) is -41.0. The van der Waals surface area contributed by atoms with Crippen LogP contribution in [0, 0.1) is 33.5 Å². The maximum Gasteiger partial charge on any atom is 0.313 e. The zero-order valence-corrected chi connectivity index (χ0v) is 58.4. The fourth-order valence-corrected chi connectivity index (χ4v) is 19.4. The van der Waals surface area contributed by atoms with Crippen molar-refractivity contribution in [3.8, 4) is 0 Å². The number of fused-ring (bicyclic) bond motifs is 3. The van der Waals surface area contributed by atoms with Crippen molar-refractivity contribution in [1.82, 2.24) is 0 Å². The van der Waals surface area contributed by atoms with Crippen LogP contribution in [0.25, 0.3) is 0 Å². The Morgan fingerprint density at radius 2 is 1.07 bits per heavy atom. The van der Waals surface area contributed by atoms with Crippen molar-refractivity contribution >= 4 is 11.9 Å². The monoisotopic (exact) mass is 1440 g/mol. The minimum Gasteiger partial charge on any atom is -0.462 e. The Kier molecular flexibility index (Phi) is 23.9. The van der Waals surface area contributed by atoms with E-state index >= 15 is 0 Å². The Labute approximate surface area is 580 Å². The number of cyclic esters (lactones) is 1. The summed E-state index contributed by atoms with van der Waals surface area (Å²) < 4.78 is 96.1. The van der Waals surface area contributed by atoms with E-state index in [0.29, 0.717) is 44.9 Å². The van der Waals surface area contributed by atoms with Gasteiger partial charge < -0.3 is 147 Å². The average molecular weight is 1440 g/mol. The third-order valence-corrected chi connectivity index (χ3v) is 24.5. The number of hydrogen-bond donors (Lipinski definition) is 14. The molecule has 7 aliphatic heterocycles. The molecule has 0 radical (unpaired) electrons. The second-order valence-electron chi connectivity index (χ2n) is 30.9. The highest BCUT2D eigenvalue weighted by Crippen LogP contribution is 2.76. The smallest absolute Gasteiger partial charge is 0.313 e. The largest absolute Gasteiger partial charge is 0.462 e. The van der Waals surface area contributed by atoms with E-state index in [2.05, 4.69) is 34.3 Å². The molecule has 32 heteroatoms. The van der Waals surface area contributed by atoms with Gasteiger partial charge in [-0.05, 0) is 88.9 Å². The summed E-state index contributed by atoms with van der Waals surface area (Å²) in [5, 5.41) is 156. The summed E-state index contributed by atoms with van der Waals surface area (Å²) in [5.74, 6) is -0.745. The Morgan fingerprint density at radius 1 is 0.540 bits per heavy atom. The molecular weight excluding hydrogens is 1330 g/mol. The second kappa shape index (κ2) is 30.5. The van der Waals surface area contributed by atoms with Crippen molar-refractivity contribution in [1.29, 1.82) is 0 Å². The van der Waals surface area contributed by atoms with Crippen molar-refractivity contribution < 1.29 is 157 Å². The number of carbonyl (C=O) groups excluding carboxylic acids is 2. The molecule has 1 spiro atoms. The van der Waals surface area contributed by atoms with Gasteiger partial charge in [-0.3, -0.25) is 9.59 Å². The van der Waals surface area contributed by atoms with Gasteiger partial charge in [0.25, 0.3) is 0 Å². The van der Waals surface area contributed by atoms with Crippen molar-refractivity contribution in [2.75, 3.05) is 47.3 Å². The first-order valence-corrected chi connectivity index (χ1v) is 35.1. The van der Waals surface area contributed by atoms with E-state index in [4.69, 9.17) is 75.8 Å². The van der Waals surface area contributed by atoms with E-state index in [-0.39, 0.29) is 23.2 Å². The topological polar surface area (TPSA) is 465 Å². The van der Waals surface area contributed by atoms with Crippen LogP contribution in [-0.4, -0.2) is 321 Å². The maximum absolute atomic E-state index is 14.8. The summed E-state index contributed by atoms with van der Waals surface area (Å²) in [4.78, 5) is 27.1. The molecule has 4 aliphatic carbocycles. The van der Waals surface area contributed by atoms with E-state index in [1.54, 1.807) is 0 Å². The molecule has 14 N–H and O–H groups in total. The number of carbonyl (C=O) groups is 2. The SMILES string of the molecule is C=C(C)C[C@@H](C[C@]1(C)OC(=O)[C@]23CCC4=C(CC[C@H]5C(C)(C)[C@@H](O[C@@H]6OC[C@@H](O[C@@H]7O[C@H](CO)[C@@H](O)[C@H](O[C@@H]8O[C@H](CO)[C@@H](O)[C@H](OC)[C@H]8O)[C@H]7O)[C@H](O)[C@H]6O[C@@H]6O[C@H](C)[C@@H](O[C@@H]7OC[C@@H](O)[C@H](O[C@@H]8O[C@H](CO)[C@@H](O)[C@H](OC)[C@H]8O)[C@H]7O)[C@H](O)[C@H]6O)CC[C@]45C)[C@]2(C)CC[C@@H]31)OC(C)=O. The molecule has 11 rings (SSSR count). The number of esters is 2. The summed E-state index contributed by atoms with van der Waals surface area (Å²) in [7, 11) is 2.39. The maximum atomic E-state index is 14.8. The van der Waals surface area contributed by atoms with Gasteiger partial charge >= 0.3 is 11.9 Å². The van der Waals surface area contributed by atoms with Crippen LogP contribution in [-0.2, 0) is 85.4 Å². The Balaban J connectivity index is 0.829. The summed E-state index contributed by atoms with van der Waals surface area (Å²) in [6.45, 7) is 16.2. The number of methoxy groups -OCH3 is 2. The highest BCUT2D eigenvalue weighted by molar-refractivity contribution is 5.84.